The number of esters is 1. The zero-order valence-corrected chi connectivity index (χ0v) is 13.1. The molecule has 0 saturated heterocycles. The first-order chi connectivity index (χ1) is 8.69. The van der Waals surface area contributed by atoms with Crippen LogP contribution >= 0.6 is 24.0 Å². The first-order valence-electron chi connectivity index (χ1n) is 5.93. The van der Waals surface area contributed by atoms with Gasteiger partial charge in [-0.1, -0.05) is 12.1 Å². The maximum absolute atomic E-state index is 11.2. The van der Waals surface area contributed by atoms with Crippen LogP contribution in [0.2, 0.25) is 0 Å². The van der Waals surface area contributed by atoms with E-state index in [2.05, 4.69) is 15.0 Å². The summed E-state index contributed by atoms with van der Waals surface area (Å²) in [6, 6.07) is 7.65. The molecule has 1 aliphatic carbocycles. The molecule has 1 aromatic carbocycles. The zero-order chi connectivity index (χ0) is 13.0. The number of guanidine groups is 1. The fraction of sp³-hybridized carbons (Fsp3) is 0.385. The summed E-state index contributed by atoms with van der Waals surface area (Å²) in [6.45, 7) is 0.507. The van der Waals surface area contributed by atoms with Crippen molar-refractivity contribution in [2.24, 2.45) is 10.7 Å². The number of rotatable bonds is 4. The molecule has 0 aliphatic heterocycles. The van der Waals surface area contributed by atoms with E-state index in [1.807, 2.05) is 12.1 Å². The molecule has 1 aromatic rings. The van der Waals surface area contributed by atoms with Crippen LogP contribution in [0.25, 0.3) is 0 Å². The third kappa shape index (κ3) is 5.06. The van der Waals surface area contributed by atoms with Crippen LogP contribution in [0.1, 0.15) is 28.8 Å². The Morgan fingerprint density at radius 3 is 2.58 bits per heavy atom. The number of hydrogen-bond acceptors (Lipinski definition) is 3. The van der Waals surface area contributed by atoms with Crippen LogP contribution in [0.3, 0.4) is 0 Å². The molecule has 0 heterocycles. The van der Waals surface area contributed by atoms with E-state index in [0.29, 0.717) is 24.1 Å². The third-order valence-corrected chi connectivity index (χ3v) is 2.74. The Labute approximate surface area is 129 Å². The number of carbonyl (C=O) groups is 1. The fourth-order valence-electron chi connectivity index (χ4n) is 1.52. The van der Waals surface area contributed by atoms with Crippen LogP contribution in [0.5, 0.6) is 0 Å². The molecule has 3 N–H and O–H groups in total. The van der Waals surface area contributed by atoms with Crippen LogP contribution in [-0.4, -0.2) is 25.1 Å². The first-order valence-corrected chi connectivity index (χ1v) is 5.93. The van der Waals surface area contributed by atoms with Gasteiger partial charge in [0.15, 0.2) is 5.96 Å². The molecule has 5 nitrogen and oxygen atoms in total. The molecule has 0 aromatic heterocycles. The smallest absolute Gasteiger partial charge is 0.337 e. The maximum Gasteiger partial charge on any atom is 0.337 e. The normalized spacial score (nSPS) is 14.5. The summed E-state index contributed by atoms with van der Waals surface area (Å²) in [4.78, 5) is 15.5. The molecule has 0 amide bonds. The number of nitrogens with two attached hydrogens (primary N) is 1. The Morgan fingerprint density at radius 1 is 1.42 bits per heavy atom. The van der Waals surface area contributed by atoms with Gasteiger partial charge in [0.25, 0.3) is 0 Å². The van der Waals surface area contributed by atoms with Crippen molar-refractivity contribution in [2.75, 3.05) is 7.11 Å². The molecule has 2 rings (SSSR count). The standard InChI is InChI=1S/C13H17N3O2.HI/c1-18-12(17)10-4-2-9(3-5-10)8-15-13(14)16-11-6-7-11;/h2-5,11H,6-8H2,1H3,(H3,14,15,16);1H. The highest BCUT2D eigenvalue weighted by Crippen LogP contribution is 2.18. The molecule has 0 bridgehead atoms. The molecular formula is C13H18IN3O2. The maximum atomic E-state index is 11.2. The number of halogens is 1. The van der Waals surface area contributed by atoms with E-state index in [1.54, 1.807) is 12.1 Å². The van der Waals surface area contributed by atoms with Gasteiger partial charge in [0.1, 0.15) is 0 Å². The third-order valence-electron chi connectivity index (χ3n) is 2.74. The lowest BCUT2D eigenvalue weighted by Gasteiger charge is -2.04. The minimum absolute atomic E-state index is 0. The van der Waals surface area contributed by atoms with E-state index in [1.165, 1.54) is 20.0 Å². The topological polar surface area (TPSA) is 76.7 Å². The molecule has 1 aliphatic rings. The van der Waals surface area contributed by atoms with E-state index in [0.717, 1.165) is 5.56 Å². The number of aliphatic imine (C=N–C) groups is 1. The average Bonchev–Trinajstić information content (AvgIpc) is 3.20. The summed E-state index contributed by atoms with van der Waals surface area (Å²) in [6.07, 6.45) is 2.34. The Morgan fingerprint density at radius 2 is 2.05 bits per heavy atom. The number of benzene rings is 1. The molecule has 0 spiro atoms. The molecule has 1 fully saturated rings. The molecule has 0 unspecified atom stereocenters. The molecule has 19 heavy (non-hydrogen) atoms. The Hall–Kier alpha value is -1.31. The molecule has 6 heteroatoms. The Bertz CT molecular complexity index is 455. The van der Waals surface area contributed by atoms with Crippen LogP contribution < -0.4 is 11.1 Å². The Kier molecular flexibility index (Phi) is 6.07. The second-order valence-corrected chi connectivity index (χ2v) is 4.31. The van der Waals surface area contributed by atoms with Gasteiger partial charge in [-0.2, -0.15) is 0 Å². The fourth-order valence-corrected chi connectivity index (χ4v) is 1.52. The van der Waals surface area contributed by atoms with Gasteiger partial charge in [0, 0.05) is 6.04 Å². The molecule has 104 valence electrons. The van der Waals surface area contributed by atoms with Crippen molar-refractivity contribution in [1.29, 1.82) is 0 Å². The van der Waals surface area contributed by atoms with Crippen molar-refractivity contribution < 1.29 is 9.53 Å². The summed E-state index contributed by atoms with van der Waals surface area (Å²) in [5.74, 6) is 0.148. The quantitative estimate of drug-likeness (QED) is 0.363. The van der Waals surface area contributed by atoms with E-state index in [-0.39, 0.29) is 29.9 Å². The van der Waals surface area contributed by atoms with Gasteiger partial charge in [0.2, 0.25) is 0 Å². The molecule has 0 radical (unpaired) electrons. The highest BCUT2D eigenvalue weighted by Gasteiger charge is 2.21. The average molecular weight is 375 g/mol. The van der Waals surface area contributed by atoms with Crippen LogP contribution in [-0.2, 0) is 11.3 Å². The molecule has 0 atom stereocenters. The van der Waals surface area contributed by atoms with Crippen molar-refractivity contribution in [1.82, 2.24) is 5.32 Å². The lowest BCUT2D eigenvalue weighted by Crippen LogP contribution is -2.33. The van der Waals surface area contributed by atoms with Gasteiger partial charge in [0.05, 0.1) is 19.2 Å². The largest absolute Gasteiger partial charge is 0.465 e. The summed E-state index contributed by atoms with van der Waals surface area (Å²) in [7, 11) is 1.37. The van der Waals surface area contributed by atoms with E-state index in [9.17, 15) is 4.79 Å². The van der Waals surface area contributed by atoms with Crippen molar-refractivity contribution in [3.8, 4) is 0 Å². The lowest BCUT2D eigenvalue weighted by atomic mass is 10.1. The van der Waals surface area contributed by atoms with E-state index >= 15 is 0 Å². The van der Waals surface area contributed by atoms with Crippen molar-refractivity contribution >= 4 is 35.9 Å². The number of ether oxygens (including phenoxy) is 1. The highest BCUT2D eigenvalue weighted by molar-refractivity contribution is 14.0. The number of carbonyl (C=O) groups excluding carboxylic acids is 1. The minimum Gasteiger partial charge on any atom is -0.465 e. The zero-order valence-electron chi connectivity index (χ0n) is 10.8. The van der Waals surface area contributed by atoms with Crippen molar-refractivity contribution in [3.63, 3.8) is 0 Å². The SMILES string of the molecule is COC(=O)c1ccc(CN=C(N)NC2CC2)cc1.I. The monoisotopic (exact) mass is 375 g/mol. The van der Waals surface area contributed by atoms with Crippen molar-refractivity contribution in [3.05, 3.63) is 35.4 Å². The lowest BCUT2D eigenvalue weighted by molar-refractivity contribution is 0.0600. The van der Waals surface area contributed by atoms with Gasteiger partial charge in [-0.3, -0.25) is 0 Å². The number of methoxy groups -OCH3 is 1. The van der Waals surface area contributed by atoms with Gasteiger partial charge in [-0.15, -0.1) is 24.0 Å². The second kappa shape index (κ2) is 7.32. The second-order valence-electron chi connectivity index (χ2n) is 4.31. The molecular weight excluding hydrogens is 357 g/mol. The number of nitrogens with one attached hydrogen (secondary N) is 1. The predicted octanol–water partition coefficient (Wildman–Crippen LogP) is 1.66. The predicted molar refractivity (Wildman–Crippen MR) is 84.7 cm³/mol. The highest BCUT2D eigenvalue weighted by atomic mass is 127. The van der Waals surface area contributed by atoms with E-state index < -0.39 is 0 Å². The van der Waals surface area contributed by atoms with Crippen molar-refractivity contribution in [2.45, 2.75) is 25.4 Å². The summed E-state index contributed by atoms with van der Waals surface area (Å²) >= 11 is 0. The summed E-state index contributed by atoms with van der Waals surface area (Å²) in [5.41, 5.74) is 7.27. The molecule has 1 saturated carbocycles. The van der Waals surface area contributed by atoms with Gasteiger partial charge >= 0.3 is 5.97 Å². The Balaban J connectivity index is 0.00000180. The first kappa shape index (κ1) is 15.7. The summed E-state index contributed by atoms with van der Waals surface area (Å²) in [5, 5.41) is 3.12. The van der Waals surface area contributed by atoms with Crippen LogP contribution in [0, 0.1) is 0 Å². The van der Waals surface area contributed by atoms with E-state index in [4.69, 9.17) is 5.73 Å². The van der Waals surface area contributed by atoms with Gasteiger partial charge in [-0.25, -0.2) is 9.79 Å². The number of nitrogens with zero attached hydrogens (tertiary/aromatic N) is 1. The van der Waals surface area contributed by atoms with Crippen LogP contribution in [0.15, 0.2) is 29.3 Å². The van der Waals surface area contributed by atoms with Gasteiger partial charge in [-0.05, 0) is 30.5 Å². The van der Waals surface area contributed by atoms with Gasteiger partial charge < -0.3 is 15.8 Å². The number of hydrogen-bond donors (Lipinski definition) is 2. The summed E-state index contributed by atoms with van der Waals surface area (Å²) < 4.78 is 4.63. The minimum atomic E-state index is -0.333. The van der Waals surface area contributed by atoms with Crippen LogP contribution in [0.4, 0.5) is 0 Å².